The third kappa shape index (κ3) is 10.7. The van der Waals surface area contributed by atoms with E-state index in [2.05, 4.69) is 10.6 Å². The van der Waals surface area contributed by atoms with Crippen molar-refractivity contribution in [2.75, 3.05) is 67.4 Å². The third-order valence-corrected chi connectivity index (χ3v) is 18.5. The number of nitrogens with zero attached hydrogens (tertiary/aromatic N) is 4. The van der Waals surface area contributed by atoms with E-state index in [0.717, 1.165) is 28.8 Å². The van der Waals surface area contributed by atoms with Crippen molar-refractivity contribution in [2.45, 2.75) is 134 Å². The molecule has 7 atom stereocenters. The first-order chi connectivity index (χ1) is 36.7. The molecule has 2 unspecified atom stereocenters. The van der Waals surface area contributed by atoms with E-state index >= 15 is 8.90 Å². The van der Waals surface area contributed by atoms with Crippen LogP contribution in [0.3, 0.4) is 0 Å². The minimum Gasteiger partial charge on any atom is -0.494 e. The van der Waals surface area contributed by atoms with Crippen LogP contribution in [-0.4, -0.2) is 129 Å². The van der Waals surface area contributed by atoms with Gasteiger partial charge in [0, 0.05) is 48.2 Å². The molecule has 18 heteroatoms. The van der Waals surface area contributed by atoms with E-state index in [1.54, 1.807) is 32.7 Å². The van der Waals surface area contributed by atoms with Gasteiger partial charge in [0.15, 0.2) is 5.60 Å². The number of hydrogen-bond donors (Lipinski definition) is 5. The number of aliphatic hydroxyl groups is 3. The second-order valence-corrected chi connectivity index (χ2v) is 25.2. The smallest absolute Gasteiger partial charge is 0.264 e. The van der Waals surface area contributed by atoms with Gasteiger partial charge in [0.2, 0.25) is 26.1 Å². The number of aliphatic hydroxyl groups excluding tert-OH is 3. The van der Waals surface area contributed by atoms with Crippen molar-refractivity contribution in [3.8, 4) is 11.5 Å². The topological polar surface area (TPSA) is 194 Å². The van der Waals surface area contributed by atoms with Gasteiger partial charge in [-0.25, -0.2) is 0 Å². The second-order valence-electron chi connectivity index (χ2n) is 21.4. The molecule has 5 aliphatic heterocycles. The van der Waals surface area contributed by atoms with Crippen molar-refractivity contribution < 1.29 is 52.8 Å². The van der Waals surface area contributed by atoms with Gasteiger partial charge in [-0.2, -0.15) is 0 Å². The Kier molecular flexibility index (Phi) is 17.0. The summed E-state index contributed by atoms with van der Waals surface area (Å²) < 4.78 is 36.0. The Morgan fingerprint density at radius 3 is 1.86 bits per heavy atom. The number of benzene rings is 4. The number of likely N-dealkylation sites (tertiary alicyclic amines) is 1. The zero-order valence-corrected chi connectivity index (χ0v) is 45.6. The van der Waals surface area contributed by atoms with Crippen molar-refractivity contribution in [3.05, 3.63) is 101 Å². The highest BCUT2D eigenvalue weighted by Gasteiger charge is 2.67. The molecule has 0 aromatic heterocycles. The quantitative estimate of drug-likeness (QED) is 0.0306. The van der Waals surface area contributed by atoms with E-state index in [4.69, 9.17) is 14.2 Å². The monoisotopic (exact) mass is 1060 g/mol. The average molecular weight is 1060 g/mol. The Morgan fingerprint density at radius 2 is 1.32 bits per heavy atom. The molecular weight excluding hydrogens is 988 g/mol. The molecule has 0 saturated carbocycles. The maximum absolute atomic E-state index is 17.1. The zero-order chi connectivity index (χ0) is 53.9. The number of nitrogens with one attached hydrogen (secondary N) is 2. The van der Waals surface area contributed by atoms with E-state index in [1.807, 2.05) is 99.6 Å². The summed E-state index contributed by atoms with van der Waals surface area (Å²) in [6.45, 7) is 11.4. The predicted molar refractivity (Wildman–Crippen MR) is 292 cm³/mol. The van der Waals surface area contributed by atoms with Crippen LogP contribution in [0, 0.1) is 5.92 Å². The lowest BCUT2D eigenvalue weighted by Crippen LogP contribution is -2.49. The Balaban J connectivity index is 1.10. The summed E-state index contributed by atoms with van der Waals surface area (Å²) in [5, 5.41) is 35.9. The first-order valence-corrected chi connectivity index (χ1v) is 30.3. The van der Waals surface area contributed by atoms with Crippen LogP contribution in [-0.2, 0) is 48.9 Å². The van der Waals surface area contributed by atoms with Crippen LogP contribution in [0.25, 0.3) is 0 Å². The van der Waals surface area contributed by atoms with E-state index in [9.17, 15) is 29.7 Å². The molecule has 4 aromatic carbocycles. The summed E-state index contributed by atoms with van der Waals surface area (Å²) in [6.07, 6.45) is 3.76. The van der Waals surface area contributed by atoms with Crippen molar-refractivity contribution >= 4 is 60.5 Å². The Bertz CT molecular complexity index is 2760. The summed E-state index contributed by atoms with van der Waals surface area (Å²) in [4.78, 5) is 65.9. The molecule has 4 amide bonds. The molecule has 76 heavy (non-hydrogen) atoms. The van der Waals surface area contributed by atoms with Crippen LogP contribution in [0.4, 0.5) is 32.5 Å². The van der Waals surface area contributed by atoms with Gasteiger partial charge in [0.25, 0.3) is 5.91 Å². The molecule has 16 nitrogen and oxygen atoms in total. The van der Waals surface area contributed by atoms with Gasteiger partial charge in [-0.3, -0.25) is 29.0 Å². The Labute approximate surface area is 446 Å². The van der Waals surface area contributed by atoms with E-state index in [1.165, 1.54) is 0 Å². The number of fused-ring (bicyclic) bond motifs is 4. The van der Waals surface area contributed by atoms with E-state index < -0.39 is 49.6 Å². The number of halogens is 1. The van der Waals surface area contributed by atoms with Crippen LogP contribution < -0.4 is 34.8 Å². The molecule has 9 rings (SSSR count). The number of anilines is 5. The predicted octanol–water partition coefficient (Wildman–Crippen LogP) is 7.08. The summed E-state index contributed by atoms with van der Waals surface area (Å²) in [7, 11) is -3.72. The molecule has 408 valence electrons. The number of amides is 4. The molecule has 2 fully saturated rings. The van der Waals surface area contributed by atoms with Crippen molar-refractivity contribution in [3.63, 3.8) is 0 Å². The fraction of sp³-hybridized carbons (Fsp3) is 0.517. The molecule has 0 bridgehead atoms. The van der Waals surface area contributed by atoms with Gasteiger partial charge in [-0.05, 0) is 175 Å². The molecule has 0 aliphatic carbocycles. The third-order valence-electron chi connectivity index (χ3n) is 16.1. The van der Waals surface area contributed by atoms with E-state index in [-0.39, 0.29) is 56.5 Å². The highest BCUT2D eigenvalue weighted by atomic mass is 28.4. The van der Waals surface area contributed by atoms with Gasteiger partial charge in [-0.15, -0.1) is 0 Å². The minimum atomic E-state index is -3.72. The van der Waals surface area contributed by atoms with Gasteiger partial charge < -0.3 is 54.1 Å². The fourth-order valence-corrected chi connectivity index (χ4v) is 15.0. The standard InChI is InChI=1S/C58H75FN6O10Si/c1-6-73-44-19-22-49-39(29-44)31-47(60-24-8-10-27-66)55(70)64(49)41-16-14-38(15-17-41)35-63-51-21-18-42(65-50-23-20-45(74-7-2)30-40(50)32-48(56(65)71)61-25-9-11-28-67)33-46(51)58(57(63)72)37(3)54(76(4,5)59)52(75-58)34-53(69)62-26-12-13-43(62)36-68/h14-23,29-30,33,37,43,47-48,52,54,60-61,66-68H,6-13,24-28,31-32,34-36H2,1-5H3/t37-,43+,47?,48?,52+,54-,58+/m1/s1. The van der Waals surface area contributed by atoms with Gasteiger partial charge in [0.1, 0.15) is 11.5 Å². The second kappa shape index (κ2) is 23.5. The lowest BCUT2D eigenvalue weighted by atomic mass is 9.82. The fourth-order valence-electron chi connectivity index (χ4n) is 12.5. The van der Waals surface area contributed by atoms with Crippen molar-refractivity contribution in [1.82, 2.24) is 15.5 Å². The zero-order valence-electron chi connectivity index (χ0n) is 44.6. The highest BCUT2D eigenvalue weighted by Crippen LogP contribution is 2.61. The lowest BCUT2D eigenvalue weighted by Gasteiger charge is -2.36. The molecular formula is C58H75FN6O10Si. The number of unbranched alkanes of at least 4 members (excludes halogenated alkanes) is 2. The molecule has 5 aliphatic rings. The van der Waals surface area contributed by atoms with Crippen LogP contribution in [0.5, 0.6) is 11.5 Å². The molecule has 4 aromatic rings. The van der Waals surface area contributed by atoms with E-state index in [0.29, 0.717) is 118 Å². The van der Waals surface area contributed by atoms with Gasteiger partial charge in [0.05, 0.1) is 74.1 Å². The number of rotatable bonds is 22. The maximum Gasteiger partial charge on any atom is 0.264 e. The Hall–Kier alpha value is -5.73. The number of ether oxygens (including phenoxy) is 3. The van der Waals surface area contributed by atoms with Gasteiger partial charge in [-0.1, -0.05) is 19.1 Å². The van der Waals surface area contributed by atoms with Crippen LogP contribution in [0.1, 0.15) is 88.0 Å². The van der Waals surface area contributed by atoms with Crippen molar-refractivity contribution in [2.24, 2.45) is 5.92 Å². The molecule has 0 radical (unpaired) electrons. The molecule has 5 heterocycles. The first kappa shape index (κ1) is 55.0. The maximum atomic E-state index is 17.1. The summed E-state index contributed by atoms with van der Waals surface area (Å²) in [5.74, 6) is -0.331. The first-order valence-electron chi connectivity index (χ1n) is 27.4. The highest BCUT2D eigenvalue weighted by molar-refractivity contribution is 6.72. The Morgan fingerprint density at radius 1 is 0.763 bits per heavy atom. The van der Waals surface area contributed by atoms with Crippen LogP contribution in [0.2, 0.25) is 18.6 Å². The van der Waals surface area contributed by atoms with Crippen molar-refractivity contribution in [1.29, 1.82) is 0 Å². The molecule has 2 saturated heterocycles. The molecule has 5 N–H and O–H groups in total. The number of hydrogen-bond acceptors (Lipinski definition) is 12. The lowest BCUT2D eigenvalue weighted by molar-refractivity contribution is -0.150. The molecule has 1 spiro atoms. The minimum absolute atomic E-state index is 0.0435. The average Bonchev–Trinajstić information content (AvgIpc) is 4.20. The summed E-state index contributed by atoms with van der Waals surface area (Å²) in [5.41, 5.74) is 3.59. The summed E-state index contributed by atoms with van der Waals surface area (Å²) >= 11 is 0. The van der Waals surface area contributed by atoms with Crippen LogP contribution in [0.15, 0.2) is 78.9 Å². The summed E-state index contributed by atoms with van der Waals surface area (Å²) in [6, 6.07) is 22.9. The van der Waals surface area contributed by atoms with Gasteiger partial charge >= 0.3 is 0 Å². The number of carbonyl (C=O) groups excluding carboxylic acids is 4. The normalized spacial score (nSPS) is 24.1. The largest absolute Gasteiger partial charge is 0.494 e. The van der Waals surface area contributed by atoms with Crippen LogP contribution >= 0.6 is 0 Å². The SMILES string of the molecule is CCOc1ccc2c(c1)CC(NCCCCO)C(=O)N2c1ccc(CN2C(=O)[C@@]3(O[C@@H](CC(=O)N4CCC[C@H]4CO)[C@H]([Si](C)(C)F)[C@H]3C)c3cc(N4C(=O)C(NCCCCO)Cc5cc(OCC)ccc54)ccc32)cc1. The number of carbonyl (C=O) groups is 4.